The number of oxazole rings is 1. The van der Waals surface area contributed by atoms with Crippen LogP contribution in [0.4, 0.5) is 5.69 Å². The first-order chi connectivity index (χ1) is 9.63. The van der Waals surface area contributed by atoms with Gasteiger partial charge in [-0.1, -0.05) is 6.92 Å². The Morgan fingerprint density at radius 1 is 1.50 bits per heavy atom. The molecule has 1 aromatic heterocycles. The molecule has 0 saturated carbocycles. The Labute approximate surface area is 116 Å². The molecule has 0 radical (unpaired) electrons. The maximum atomic E-state index is 12.0. The second kappa shape index (κ2) is 6.10. The van der Waals surface area contributed by atoms with Crippen molar-refractivity contribution in [1.29, 1.82) is 0 Å². The molecule has 0 aliphatic carbocycles. The van der Waals surface area contributed by atoms with Gasteiger partial charge in [-0.05, 0) is 18.2 Å². The zero-order valence-electron chi connectivity index (χ0n) is 11.5. The number of nitrogens with one attached hydrogen (secondary N) is 1. The second-order valence-electron chi connectivity index (χ2n) is 4.21. The number of nitrogens with two attached hydrogens (primary N) is 1. The third-order valence-corrected chi connectivity index (χ3v) is 2.85. The van der Waals surface area contributed by atoms with Crippen LogP contribution in [0.1, 0.15) is 28.9 Å². The van der Waals surface area contributed by atoms with E-state index in [-0.39, 0.29) is 12.5 Å². The van der Waals surface area contributed by atoms with E-state index in [0.29, 0.717) is 22.9 Å². The maximum absolute atomic E-state index is 12.0. The van der Waals surface area contributed by atoms with E-state index in [2.05, 4.69) is 10.3 Å². The van der Waals surface area contributed by atoms with Gasteiger partial charge in [0, 0.05) is 12.0 Å². The summed E-state index contributed by atoms with van der Waals surface area (Å²) in [5.74, 6) is 1.52. The van der Waals surface area contributed by atoms with Gasteiger partial charge in [-0.2, -0.15) is 0 Å². The summed E-state index contributed by atoms with van der Waals surface area (Å²) in [6.07, 6.45) is 2.43. The molecule has 2 rings (SSSR count). The van der Waals surface area contributed by atoms with Gasteiger partial charge < -0.3 is 20.2 Å². The number of aryl methyl sites for hydroxylation is 1. The number of methoxy groups -OCH3 is 1. The van der Waals surface area contributed by atoms with Crippen LogP contribution in [0, 0.1) is 0 Å². The molecule has 0 fully saturated rings. The fourth-order valence-electron chi connectivity index (χ4n) is 1.70. The molecule has 3 N–H and O–H groups in total. The number of anilines is 1. The molecule has 0 bridgehead atoms. The zero-order chi connectivity index (χ0) is 14.5. The van der Waals surface area contributed by atoms with Crippen molar-refractivity contribution >= 4 is 11.6 Å². The number of aromatic nitrogens is 1. The zero-order valence-corrected chi connectivity index (χ0v) is 11.5. The lowest BCUT2D eigenvalue weighted by molar-refractivity contribution is 0.0947. The molecule has 2 aromatic rings. The predicted molar refractivity (Wildman–Crippen MR) is 74.5 cm³/mol. The van der Waals surface area contributed by atoms with Crippen LogP contribution in [0.2, 0.25) is 0 Å². The van der Waals surface area contributed by atoms with Crippen molar-refractivity contribution in [3.63, 3.8) is 0 Å². The molecule has 0 spiro atoms. The molecule has 0 aliphatic rings. The van der Waals surface area contributed by atoms with Crippen molar-refractivity contribution in [3.8, 4) is 5.75 Å². The topological polar surface area (TPSA) is 90.4 Å². The van der Waals surface area contributed by atoms with E-state index in [4.69, 9.17) is 14.9 Å². The molecule has 1 heterocycles. The molecule has 1 aromatic carbocycles. The summed E-state index contributed by atoms with van der Waals surface area (Å²) in [5, 5.41) is 2.73. The molecule has 6 heteroatoms. The largest absolute Gasteiger partial charge is 0.495 e. The van der Waals surface area contributed by atoms with Gasteiger partial charge in [0.05, 0.1) is 25.5 Å². The average Bonchev–Trinajstić information content (AvgIpc) is 2.93. The molecular formula is C14H17N3O3. The van der Waals surface area contributed by atoms with Crippen molar-refractivity contribution in [2.24, 2.45) is 0 Å². The summed E-state index contributed by atoms with van der Waals surface area (Å²) in [6, 6.07) is 4.87. The third-order valence-electron chi connectivity index (χ3n) is 2.85. The van der Waals surface area contributed by atoms with E-state index in [9.17, 15) is 4.79 Å². The number of nitrogen functional groups attached to an aromatic ring is 1. The van der Waals surface area contributed by atoms with E-state index in [1.54, 1.807) is 24.4 Å². The summed E-state index contributed by atoms with van der Waals surface area (Å²) in [7, 11) is 1.51. The molecule has 20 heavy (non-hydrogen) atoms. The number of nitrogens with zero attached hydrogens (tertiary/aromatic N) is 1. The van der Waals surface area contributed by atoms with Gasteiger partial charge in [0.25, 0.3) is 5.91 Å². The standard InChI is InChI=1S/C14H17N3O3/c1-3-10-7-16-13(20-10)8-17-14(18)9-4-5-11(15)12(6-9)19-2/h4-7H,3,8,15H2,1-2H3,(H,17,18). The van der Waals surface area contributed by atoms with E-state index < -0.39 is 0 Å². The molecule has 0 aliphatic heterocycles. The Bertz CT molecular complexity index is 607. The fraction of sp³-hybridized carbons (Fsp3) is 0.286. The summed E-state index contributed by atoms with van der Waals surface area (Å²) in [4.78, 5) is 16.1. The molecule has 1 amide bonds. The number of hydrogen-bond donors (Lipinski definition) is 2. The summed E-state index contributed by atoms with van der Waals surface area (Å²) in [6.45, 7) is 2.22. The minimum absolute atomic E-state index is 0.237. The van der Waals surface area contributed by atoms with Crippen LogP contribution >= 0.6 is 0 Å². The smallest absolute Gasteiger partial charge is 0.251 e. The van der Waals surface area contributed by atoms with Gasteiger partial charge in [0.2, 0.25) is 5.89 Å². The van der Waals surface area contributed by atoms with E-state index in [1.807, 2.05) is 6.92 Å². The molecular weight excluding hydrogens is 258 g/mol. The molecule has 0 saturated heterocycles. The Kier molecular flexibility index (Phi) is 4.24. The first kappa shape index (κ1) is 13.9. The first-order valence-corrected chi connectivity index (χ1v) is 6.29. The lowest BCUT2D eigenvalue weighted by atomic mass is 10.2. The Hall–Kier alpha value is -2.50. The highest BCUT2D eigenvalue weighted by atomic mass is 16.5. The van der Waals surface area contributed by atoms with E-state index in [1.165, 1.54) is 7.11 Å². The highest BCUT2D eigenvalue weighted by molar-refractivity contribution is 5.95. The van der Waals surface area contributed by atoms with Crippen LogP contribution in [-0.4, -0.2) is 18.0 Å². The SMILES string of the molecule is CCc1cnc(CNC(=O)c2ccc(N)c(OC)c2)o1. The van der Waals surface area contributed by atoms with Gasteiger partial charge in [0.15, 0.2) is 0 Å². The van der Waals surface area contributed by atoms with Gasteiger partial charge >= 0.3 is 0 Å². The molecule has 6 nitrogen and oxygen atoms in total. The number of hydrogen-bond acceptors (Lipinski definition) is 5. The fourth-order valence-corrected chi connectivity index (χ4v) is 1.70. The number of ether oxygens (including phenoxy) is 1. The van der Waals surface area contributed by atoms with Crippen LogP contribution in [0.5, 0.6) is 5.75 Å². The monoisotopic (exact) mass is 275 g/mol. The minimum Gasteiger partial charge on any atom is -0.495 e. The van der Waals surface area contributed by atoms with Crippen LogP contribution in [0.3, 0.4) is 0 Å². The van der Waals surface area contributed by atoms with Gasteiger partial charge in [0.1, 0.15) is 11.5 Å². The van der Waals surface area contributed by atoms with Crippen molar-refractivity contribution in [2.45, 2.75) is 19.9 Å². The predicted octanol–water partition coefficient (Wildman–Crippen LogP) is 1.76. The Morgan fingerprint density at radius 3 is 2.95 bits per heavy atom. The lowest BCUT2D eigenvalue weighted by Crippen LogP contribution is -2.23. The molecule has 0 unspecified atom stereocenters. The van der Waals surface area contributed by atoms with E-state index >= 15 is 0 Å². The second-order valence-corrected chi connectivity index (χ2v) is 4.21. The molecule has 0 atom stereocenters. The maximum Gasteiger partial charge on any atom is 0.251 e. The highest BCUT2D eigenvalue weighted by Crippen LogP contribution is 2.22. The minimum atomic E-state index is -0.237. The molecule has 106 valence electrons. The number of benzene rings is 1. The van der Waals surface area contributed by atoms with Crippen LogP contribution < -0.4 is 15.8 Å². The number of amides is 1. The first-order valence-electron chi connectivity index (χ1n) is 6.29. The van der Waals surface area contributed by atoms with Crippen LogP contribution in [0.25, 0.3) is 0 Å². The van der Waals surface area contributed by atoms with Crippen molar-refractivity contribution < 1.29 is 13.9 Å². The highest BCUT2D eigenvalue weighted by Gasteiger charge is 2.10. The Morgan fingerprint density at radius 2 is 2.30 bits per heavy atom. The average molecular weight is 275 g/mol. The van der Waals surface area contributed by atoms with Crippen molar-refractivity contribution in [3.05, 3.63) is 41.6 Å². The van der Waals surface area contributed by atoms with Crippen molar-refractivity contribution in [2.75, 3.05) is 12.8 Å². The van der Waals surface area contributed by atoms with Gasteiger partial charge in [-0.3, -0.25) is 4.79 Å². The summed E-state index contributed by atoms with van der Waals surface area (Å²) >= 11 is 0. The number of carbonyl (C=O) groups excluding carboxylic acids is 1. The number of rotatable bonds is 5. The van der Waals surface area contributed by atoms with Crippen LogP contribution in [0.15, 0.2) is 28.8 Å². The van der Waals surface area contributed by atoms with Gasteiger partial charge in [-0.15, -0.1) is 0 Å². The van der Waals surface area contributed by atoms with Crippen molar-refractivity contribution in [1.82, 2.24) is 10.3 Å². The van der Waals surface area contributed by atoms with Crippen LogP contribution in [-0.2, 0) is 13.0 Å². The van der Waals surface area contributed by atoms with Gasteiger partial charge in [-0.25, -0.2) is 4.98 Å². The lowest BCUT2D eigenvalue weighted by Gasteiger charge is -2.07. The number of carbonyl (C=O) groups is 1. The summed E-state index contributed by atoms with van der Waals surface area (Å²) in [5.41, 5.74) is 6.66. The normalized spacial score (nSPS) is 10.3. The Balaban J connectivity index is 2.01. The van der Waals surface area contributed by atoms with E-state index in [0.717, 1.165) is 12.2 Å². The quantitative estimate of drug-likeness (QED) is 0.811. The third kappa shape index (κ3) is 3.09. The summed E-state index contributed by atoms with van der Waals surface area (Å²) < 4.78 is 10.5.